The summed E-state index contributed by atoms with van der Waals surface area (Å²) in [5.41, 5.74) is 4.42. The number of ether oxygens (including phenoxy) is 1. The van der Waals surface area contributed by atoms with Gasteiger partial charge in [-0.05, 0) is 17.7 Å². The van der Waals surface area contributed by atoms with Gasteiger partial charge in [0.1, 0.15) is 5.69 Å². The van der Waals surface area contributed by atoms with Gasteiger partial charge in [0.15, 0.2) is 0 Å². The number of benzene rings is 2. The van der Waals surface area contributed by atoms with Crippen LogP contribution in [0.25, 0.3) is 11.1 Å². The van der Waals surface area contributed by atoms with E-state index in [2.05, 4.69) is 27.3 Å². The molecule has 132 valence electrons. The van der Waals surface area contributed by atoms with Crippen molar-refractivity contribution in [3.05, 3.63) is 72.6 Å². The molecule has 0 atom stereocenters. The van der Waals surface area contributed by atoms with Crippen LogP contribution in [0, 0.1) is 0 Å². The van der Waals surface area contributed by atoms with E-state index in [1.54, 1.807) is 0 Å². The molecule has 0 radical (unpaired) electrons. The van der Waals surface area contributed by atoms with Crippen LogP contribution in [0.2, 0.25) is 0 Å². The van der Waals surface area contributed by atoms with Crippen LogP contribution >= 0.6 is 0 Å². The van der Waals surface area contributed by atoms with Crippen molar-refractivity contribution in [3.63, 3.8) is 0 Å². The molecule has 0 spiro atoms. The average molecular weight is 347 g/mol. The molecule has 0 aliphatic carbocycles. The smallest absolute Gasteiger partial charge is 0.274 e. The van der Waals surface area contributed by atoms with Crippen molar-refractivity contribution in [2.24, 2.45) is 0 Å². The third-order valence-electron chi connectivity index (χ3n) is 4.52. The largest absolute Gasteiger partial charge is 0.378 e. The molecule has 1 fully saturated rings. The Hall–Kier alpha value is -3.05. The van der Waals surface area contributed by atoms with Crippen molar-refractivity contribution in [3.8, 4) is 11.1 Å². The van der Waals surface area contributed by atoms with Crippen LogP contribution in [0.15, 0.2) is 66.9 Å². The van der Waals surface area contributed by atoms with Gasteiger partial charge in [0.25, 0.3) is 5.91 Å². The SMILES string of the molecule is O=C(Nc1ccccc1)c1[nH]cc(-c2ccccc2)c1N1CCOCC1. The highest BCUT2D eigenvalue weighted by Gasteiger charge is 2.24. The van der Waals surface area contributed by atoms with Gasteiger partial charge < -0.3 is 19.9 Å². The fourth-order valence-corrected chi connectivity index (χ4v) is 3.26. The third kappa shape index (κ3) is 3.34. The quantitative estimate of drug-likeness (QED) is 0.755. The van der Waals surface area contributed by atoms with E-state index in [1.165, 1.54) is 0 Å². The van der Waals surface area contributed by atoms with Gasteiger partial charge in [0.05, 0.1) is 18.9 Å². The van der Waals surface area contributed by atoms with E-state index in [-0.39, 0.29) is 5.91 Å². The molecule has 2 heterocycles. The topological polar surface area (TPSA) is 57.4 Å². The number of aromatic amines is 1. The summed E-state index contributed by atoms with van der Waals surface area (Å²) in [5, 5.41) is 2.97. The van der Waals surface area contributed by atoms with Crippen molar-refractivity contribution in [2.45, 2.75) is 0 Å². The fraction of sp³-hybridized carbons (Fsp3) is 0.190. The number of nitrogens with zero attached hydrogens (tertiary/aromatic N) is 1. The summed E-state index contributed by atoms with van der Waals surface area (Å²) >= 11 is 0. The summed E-state index contributed by atoms with van der Waals surface area (Å²) in [6.07, 6.45) is 1.92. The molecule has 0 saturated carbocycles. The van der Waals surface area contributed by atoms with Crippen molar-refractivity contribution in [2.75, 3.05) is 36.5 Å². The highest BCUT2D eigenvalue weighted by atomic mass is 16.5. The maximum absolute atomic E-state index is 12.9. The molecule has 1 aliphatic heterocycles. The minimum Gasteiger partial charge on any atom is -0.378 e. The maximum Gasteiger partial charge on any atom is 0.274 e. The first-order chi connectivity index (χ1) is 12.8. The van der Waals surface area contributed by atoms with Crippen molar-refractivity contribution >= 4 is 17.3 Å². The standard InChI is InChI=1S/C21H21N3O2/c25-21(23-17-9-5-2-6-10-17)19-20(24-11-13-26-14-12-24)18(15-22-19)16-7-3-1-4-8-16/h1-10,15,22H,11-14H2,(H,23,25). The lowest BCUT2D eigenvalue weighted by Crippen LogP contribution is -2.37. The highest BCUT2D eigenvalue weighted by Crippen LogP contribution is 2.35. The van der Waals surface area contributed by atoms with Gasteiger partial charge in [0.2, 0.25) is 0 Å². The summed E-state index contributed by atoms with van der Waals surface area (Å²) in [6, 6.07) is 19.6. The summed E-state index contributed by atoms with van der Waals surface area (Å²) in [4.78, 5) is 18.3. The highest BCUT2D eigenvalue weighted by molar-refractivity contribution is 6.09. The lowest BCUT2D eigenvalue weighted by Gasteiger charge is -2.30. The Morgan fingerprint density at radius 3 is 2.31 bits per heavy atom. The van der Waals surface area contributed by atoms with E-state index in [9.17, 15) is 4.79 Å². The average Bonchev–Trinajstić information content (AvgIpc) is 3.15. The number of rotatable bonds is 4. The zero-order chi connectivity index (χ0) is 17.8. The number of morpholine rings is 1. The Morgan fingerprint density at radius 2 is 1.62 bits per heavy atom. The van der Waals surface area contributed by atoms with Crippen LogP contribution in [0.5, 0.6) is 0 Å². The number of nitrogens with one attached hydrogen (secondary N) is 2. The van der Waals surface area contributed by atoms with Crippen LogP contribution in [-0.4, -0.2) is 37.2 Å². The van der Waals surface area contributed by atoms with Crippen molar-refractivity contribution < 1.29 is 9.53 Å². The monoisotopic (exact) mass is 347 g/mol. The van der Waals surface area contributed by atoms with Crippen LogP contribution < -0.4 is 10.2 Å². The Labute approximate surface area is 152 Å². The van der Waals surface area contributed by atoms with Crippen LogP contribution in [0.4, 0.5) is 11.4 Å². The van der Waals surface area contributed by atoms with Gasteiger partial charge in [0, 0.05) is 30.5 Å². The van der Waals surface area contributed by atoms with Crippen molar-refractivity contribution in [1.29, 1.82) is 0 Å². The molecule has 1 saturated heterocycles. The molecule has 3 aromatic rings. The van der Waals surface area contributed by atoms with Crippen LogP contribution in [0.3, 0.4) is 0 Å². The molecule has 0 unspecified atom stereocenters. The van der Waals surface area contributed by atoms with Gasteiger partial charge >= 0.3 is 0 Å². The molecule has 5 heteroatoms. The molecular weight excluding hydrogens is 326 g/mol. The fourth-order valence-electron chi connectivity index (χ4n) is 3.26. The number of H-pyrrole nitrogens is 1. The Balaban J connectivity index is 1.72. The second kappa shape index (κ2) is 7.45. The molecule has 1 aliphatic rings. The van der Waals surface area contributed by atoms with E-state index >= 15 is 0 Å². The second-order valence-electron chi connectivity index (χ2n) is 6.21. The molecular formula is C21H21N3O2. The molecule has 1 aromatic heterocycles. The number of amides is 1. The number of carbonyl (C=O) groups is 1. The Bertz CT molecular complexity index is 869. The van der Waals surface area contributed by atoms with E-state index < -0.39 is 0 Å². The number of carbonyl (C=O) groups excluding carboxylic acids is 1. The van der Waals surface area contributed by atoms with E-state index in [0.29, 0.717) is 18.9 Å². The van der Waals surface area contributed by atoms with Gasteiger partial charge in [-0.2, -0.15) is 0 Å². The van der Waals surface area contributed by atoms with Gasteiger partial charge in [-0.15, -0.1) is 0 Å². The number of hydrogen-bond acceptors (Lipinski definition) is 3. The van der Waals surface area contributed by atoms with Crippen molar-refractivity contribution in [1.82, 2.24) is 4.98 Å². The molecule has 2 N–H and O–H groups in total. The van der Waals surface area contributed by atoms with Gasteiger partial charge in [-0.1, -0.05) is 48.5 Å². The second-order valence-corrected chi connectivity index (χ2v) is 6.21. The molecule has 26 heavy (non-hydrogen) atoms. The number of anilines is 2. The lowest BCUT2D eigenvalue weighted by molar-refractivity contribution is 0.102. The van der Waals surface area contributed by atoms with Crippen LogP contribution in [0.1, 0.15) is 10.5 Å². The summed E-state index contributed by atoms with van der Waals surface area (Å²) in [5.74, 6) is -0.139. The zero-order valence-corrected chi connectivity index (χ0v) is 14.4. The molecule has 5 nitrogen and oxygen atoms in total. The van der Waals surface area contributed by atoms with E-state index in [0.717, 1.165) is 35.6 Å². The van der Waals surface area contributed by atoms with E-state index in [1.807, 2.05) is 54.7 Å². The van der Waals surface area contributed by atoms with E-state index in [4.69, 9.17) is 4.74 Å². The maximum atomic E-state index is 12.9. The minimum atomic E-state index is -0.139. The first kappa shape index (κ1) is 16.4. The third-order valence-corrected chi connectivity index (χ3v) is 4.52. The number of hydrogen-bond donors (Lipinski definition) is 2. The van der Waals surface area contributed by atoms with Gasteiger partial charge in [-0.25, -0.2) is 0 Å². The zero-order valence-electron chi connectivity index (χ0n) is 14.4. The van der Waals surface area contributed by atoms with Crippen LogP contribution in [-0.2, 0) is 4.74 Å². The first-order valence-electron chi connectivity index (χ1n) is 8.79. The molecule has 4 rings (SSSR count). The normalized spacial score (nSPS) is 14.2. The predicted octanol–water partition coefficient (Wildman–Crippen LogP) is 3.77. The number of para-hydroxylation sites is 1. The predicted molar refractivity (Wildman–Crippen MR) is 104 cm³/mol. The van der Waals surface area contributed by atoms with Gasteiger partial charge in [-0.3, -0.25) is 4.79 Å². The molecule has 1 amide bonds. The Morgan fingerprint density at radius 1 is 0.962 bits per heavy atom. The summed E-state index contributed by atoms with van der Waals surface area (Å²) < 4.78 is 5.49. The molecule has 0 bridgehead atoms. The summed E-state index contributed by atoms with van der Waals surface area (Å²) in [6.45, 7) is 2.87. The number of aromatic nitrogens is 1. The lowest BCUT2D eigenvalue weighted by atomic mass is 10.1. The summed E-state index contributed by atoms with van der Waals surface area (Å²) in [7, 11) is 0. The Kier molecular flexibility index (Phi) is 4.71. The molecule has 2 aromatic carbocycles. The first-order valence-corrected chi connectivity index (χ1v) is 8.79. The minimum absolute atomic E-state index is 0.139.